The molecule has 0 spiro atoms. The van der Waals surface area contributed by atoms with Gasteiger partial charge in [-0.05, 0) is 37.1 Å². The van der Waals surface area contributed by atoms with Crippen molar-refractivity contribution in [1.82, 2.24) is 29.3 Å². The summed E-state index contributed by atoms with van der Waals surface area (Å²) in [4.78, 5) is 73.6. The zero-order chi connectivity index (χ0) is 38.7. The van der Waals surface area contributed by atoms with Gasteiger partial charge in [0.1, 0.15) is 16.9 Å². The first-order valence-electron chi connectivity index (χ1n) is 17.2. The van der Waals surface area contributed by atoms with Crippen molar-refractivity contribution in [3.05, 3.63) is 52.3 Å². The van der Waals surface area contributed by atoms with Crippen LogP contribution in [0.15, 0.2) is 41.2 Å². The van der Waals surface area contributed by atoms with Crippen LogP contribution in [-0.4, -0.2) is 161 Å². The number of carbonyl (C=O) groups is 4. The van der Waals surface area contributed by atoms with E-state index in [1.807, 2.05) is 21.9 Å². The molecule has 1 aliphatic heterocycles. The van der Waals surface area contributed by atoms with Crippen LogP contribution in [0, 0.1) is 0 Å². The third-order valence-electron chi connectivity index (χ3n) is 9.21. The molecule has 1 aliphatic rings. The number of carboxylic acid groups (broad SMARTS) is 4. The minimum absolute atomic E-state index is 0.0403. The second kappa shape index (κ2) is 19.3. The number of aromatic nitrogens is 1. The summed E-state index contributed by atoms with van der Waals surface area (Å²) >= 11 is 1.38. The summed E-state index contributed by atoms with van der Waals surface area (Å²) in [6.07, 6.45) is 0.0166. The molecule has 19 heteroatoms. The highest BCUT2D eigenvalue weighted by Gasteiger charge is 2.30. The normalized spacial score (nSPS) is 17.5. The maximum Gasteiger partial charge on any atom is 0.320 e. The molecule has 1 aromatic carbocycles. The summed E-state index contributed by atoms with van der Waals surface area (Å²) in [5.74, 6) is -4.62. The van der Waals surface area contributed by atoms with Crippen LogP contribution in [0.25, 0.3) is 20.3 Å². The lowest BCUT2D eigenvalue weighted by Gasteiger charge is -2.37. The van der Waals surface area contributed by atoms with E-state index in [-0.39, 0.29) is 103 Å². The van der Waals surface area contributed by atoms with Crippen molar-refractivity contribution in [2.75, 3.05) is 71.7 Å². The Hall–Kier alpha value is -4.11. The van der Waals surface area contributed by atoms with Crippen molar-refractivity contribution < 1.29 is 48.0 Å². The Morgan fingerprint density at radius 3 is 1.81 bits per heavy atom. The Bertz CT molecular complexity index is 1890. The quantitative estimate of drug-likeness (QED) is 0.126. The number of hydrogen-bond acceptors (Lipinski definition) is 13. The predicted molar refractivity (Wildman–Crippen MR) is 198 cm³/mol. The first-order chi connectivity index (χ1) is 25.1. The summed E-state index contributed by atoms with van der Waals surface area (Å²) in [5, 5.41) is 40.1. The Morgan fingerprint density at radius 1 is 0.774 bits per heavy atom. The lowest BCUT2D eigenvalue weighted by molar-refractivity contribution is -0.146. The summed E-state index contributed by atoms with van der Waals surface area (Å²) in [6.45, 7) is 2.33. The molecule has 3 aromatic rings. The zero-order valence-corrected chi connectivity index (χ0v) is 31.1. The zero-order valence-electron chi connectivity index (χ0n) is 29.4. The average molecular weight is 779 g/mol. The van der Waals surface area contributed by atoms with Crippen LogP contribution < -0.4 is 10.2 Å². The molecule has 0 amide bonds. The molecule has 0 aliphatic carbocycles. The lowest BCUT2D eigenvalue weighted by atomic mass is 10.1. The SMILES string of the molecule is CS(=O)(=O)NCCN1CCN(C(CCC(=O)O)C(=O)O)CCN(Cc2ccc3c(=O)c4ccccc4sc3n2)CCN(C(CCC(=O)O)C(=O)O)CC1. The Kier molecular flexibility index (Phi) is 15.2. The van der Waals surface area contributed by atoms with E-state index in [4.69, 9.17) is 4.98 Å². The topological polar surface area (TPSA) is 238 Å². The first kappa shape index (κ1) is 41.6. The fourth-order valence-corrected chi connectivity index (χ4v) is 7.93. The van der Waals surface area contributed by atoms with Gasteiger partial charge in [-0.15, -0.1) is 11.3 Å². The maximum absolute atomic E-state index is 13.2. The van der Waals surface area contributed by atoms with Gasteiger partial charge in [0.25, 0.3) is 0 Å². The Balaban J connectivity index is 1.67. The first-order valence-corrected chi connectivity index (χ1v) is 19.9. The van der Waals surface area contributed by atoms with Gasteiger partial charge in [-0.1, -0.05) is 12.1 Å². The van der Waals surface area contributed by atoms with Crippen molar-refractivity contribution in [2.24, 2.45) is 0 Å². The second-order valence-corrected chi connectivity index (χ2v) is 15.9. The molecule has 5 N–H and O–H groups in total. The second-order valence-electron chi connectivity index (χ2n) is 13.0. The van der Waals surface area contributed by atoms with E-state index in [1.165, 1.54) is 11.3 Å². The van der Waals surface area contributed by atoms with Crippen LogP contribution in [0.1, 0.15) is 31.4 Å². The number of nitrogens with zero attached hydrogens (tertiary/aromatic N) is 5. The number of pyridine rings is 1. The molecule has 0 saturated carbocycles. The fraction of sp³-hybridized carbons (Fsp3) is 0.529. The predicted octanol–water partition coefficient (Wildman–Crippen LogP) is 0.717. The van der Waals surface area contributed by atoms with Gasteiger partial charge in [0, 0.05) is 94.9 Å². The number of fused-ring (bicyclic) bond motifs is 2. The minimum Gasteiger partial charge on any atom is -0.481 e. The van der Waals surface area contributed by atoms with E-state index in [2.05, 4.69) is 4.72 Å². The summed E-state index contributed by atoms with van der Waals surface area (Å²) in [6, 6.07) is 8.49. The van der Waals surface area contributed by atoms with E-state index in [0.29, 0.717) is 21.3 Å². The van der Waals surface area contributed by atoms with Crippen LogP contribution in [-0.2, 0) is 35.7 Å². The van der Waals surface area contributed by atoms with Crippen LogP contribution in [0.5, 0.6) is 0 Å². The smallest absolute Gasteiger partial charge is 0.320 e. The lowest BCUT2D eigenvalue weighted by Crippen LogP contribution is -2.53. The fourth-order valence-electron chi connectivity index (χ4n) is 6.40. The van der Waals surface area contributed by atoms with Gasteiger partial charge in [-0.3, -0.25) is 43.6 Å². The number of nitrogens with one attached hydrogen (secondary N) is 1. The molecule has 4 rings (SSSR count). The highest BCUT2D eigenvalue weighted by atomic mass is 32.2. The van der Waals surface area contributed by atoms with Crippen molar-refractivity contribution in [3.63, 3.8) is 0 Å². The summed E-state index contributed by atoms with van der Waals surface area (Å²) in [7, 11) is -3.51. The van der Waals surface area contributed by atoms with E-state index in [9.17, 15) is 52.8 Å². The molecule has 0 bridgehead atoms. The van der Waals surface area contributed by atoms with E-state index < -0.39 is 46.0 Å². The number of carboxylic acids is 4. The molecule has 2 atom stereocenters. The Morgan fingerprint density at radius 2 is 1.30 bits per heavy atom. The van der Waals surface area contributed by atoms with Crippen LogP contribution in [0.2, 0.25) is 0 Å². The standard InChI is InChI=1S/C34H46N6O11S2/c1-53(50,51)35-12-13-37-14-18-39(26(33(46)47)8-10-29(41)42)20-16-38(17-21-40(19-15-37)27(34(48)49)9-11-30(43)44)22-23-6-7-25-31(45)24-4-2-3-5-28(24)52-32(25)36-23/h2-7,26-27,35H,8-22H2,1H3,(H,41,42)(H,43,44)(H,46,47)(H,48,49). The number of aliphatic carboxylic acids is 4. The van der Waals surface area contributed by atoms with Gasteiger partial charge in [0.05, 0.1) is 17.3 Å². The van der Waals surface area contributed by atoms with Crippen LogP contribution in [0.3, 0.4) is 0 Å². The number of rotatable bonds is 16. The van der Waals surface area contributed by atoms with Crippen molar-refractivity contribution >= 4 is 65.5 Å². The number of sulfonamides is 1. The molecular formula is C34H46N6O11S2. The maximum atomic E-state index is 13.2. The van der Waals surface area contributed by atoms with Gasteiger partial charge in [0.15, 0.2) is 5.43 Å². The van der Waals surface area contributed by atoms with E-state index in [1.54, 1.807) is 34.1 Å². The molecule has 2 aromatic heterocycles. The highest BCUT2D eigenvalue weighted by molar-refractivity contribution is 7.88. The monoisotopic (exact) mass is 778 g/mol. The van der Waals surface area contributed by atoms with Gasteiger partial charge in [-0.25, -0.2) is 18.1 Å². The summed E-state index contributed by atoms with van der Waals surface area (Å²) < 4.78 is 26.7. The molecule has 3 heterocycles. The highest BCUT2D eigenvalue weighted by Crippen LogP contribution is 2.24. The van der Waals surface area contributed by atoms with Gasteiger partial charge >= 0.3 is 23.9 Å². The third-order valence-corrected chi connectivity index (χ3v) is 11.0. The average Bonchev–Trinajstić information content (AvgIpc) is 3.07. The largest absolute Gasteiger partial charge is 0.481 e. The molecule has 0 radical (unpaired) electrons. The summed E-state index contributed by atoms with van der Waals surface area (Å²) in [5.41, 5.74) is 0.494. The molecule has 2 unspecified atom stereocenters. The molecule has 1 fully saturated rings. The van der Waals surface area contributed by atoms with Gasteiger partial charge in [0.2, 0.25) is 10.0 Å². The van der Waals surface area contributed by atoms with E-state index in [0.717, 1.165) is 11.0 Å². The molecule has 290 valence electrons. The number of benzene rings is 1. The van der Waals surface area contributed by atoms with Crippen molar-refractivity contribution in [2.45, 2.75) is 44.3 Å². The third kappa shape index (κ3) is 12.8. The molecule has 53 heavy (non-hydrogen) atoms. The van der Waals surface area contributed by atoms with E-state index >= 15 is 0 Å². The minimum atomic E-state index is -3.51. The van der Waals surface area contributed by atoms with Gasteiger partial charge < -0.3 is 20.4 Å². The molecule has 1 saturated heterocycles. The molecule has 17 nitrogen and oxygen atoms in total. The number of hydrogen-bond donors (Lipinski definition) is 5. The molecular weight excluding hydrogens is 733 g/mol. The van der Waals surface area contributed by atoms with Gasteiger partial charge in [-0.2, -0.15) is 0 Å². The van der Waals surface area contributed by atoms with Crippen molar-refractivity contribution in [1.29, 1.82) is 0 Å². The Labute approximate surface area is 310 Å². The van der Waals surface area contributed by atoms with Crippen LogP contribution in [0.4, 0.5) is 0 Å². The van der Waals surface area contributed by atoms with Crippen LogP contribution >= 0.6 is 11.3 Å². The van der Waals surface area contributed by atoms with Crippen molar-refractivity contribution in [3.8, 4) is 0 Å².